The summed E-state index contributed by atoms with van der Waals surface area (Å²) in [7, 11) is 0. The van der Waals surface area contributed by atoms with E-state index in [2.05, 4.69) is 15.3 Å². The second-order valence-corrected chi connectivity index (χ2v) is 7.49. The maximum absolute atomic E-state index is 14.4. The molecule has 29 heavy (non-hydrogen) atoms. The van der Waals surface area contributed by atoms with Crippen molar-refractivity contribution in [3.63, 3.8) is 0 Å². The Labute approximate surface area is 166 Å². The lowest BCUT2D eigenvalue weighted by Gasteiger charge is -2.26. The summed E-state index contributed by atoms with van der Waals surface area (Å²) in [5.41, 5.74) is -1.88. The maximum atomic E-state index is 14.4. The molecule has 0 bridgehead atoms. The van der Waals surface area contributed by atoms with Gasteiger partial charge in [0.25, 0.3) is 5.84 Å². The molecule has 1 aromatic carbocycles. The molecule has 1 aromatic heterocycles. The van der Waals surface area contributed by atoms with Crippen molar-refractivity contribution in [1.82, 2.24) is 9.88 Å². The van der Waals surface area contributed by atoms with Gasteiger partial charge in [-0.25, -0.2) is 14.8 Å². The number of carbonyl (C=O) groups excluding carboxylic acids is 1. The van der Waals surface area contributed by atoms with Crippen LogP contribution in [0, 0.1) is 6.92 Å². The average Bonchev–Trinajstić information content (AvgIpc) is 3.29. The van der Waals surface area contributed by atoms with Crippen molar-refractivity contribution < 1.29 is 23.0 Å². The lowest BCUT2D eigenvalue weighted by Crippen LogP contribution is -2.94. The van der Waals surface area contributed by atoms with Crippen molar-refractivity contribution in [2.45, 2.75) is 50.5 Å². The number of pyridine rings is 1. The van der Waals surface area contributed by atoms with Crippen LogP contribution in [0.5, 0.6) is 0 Å². The zero-order chi connectivity index (χ0) is 20.6. The third-order valence-corrected chi connectivity index (χ3v) is 5.45. The quantitative estimate of drug-likeness (QED) is 0.824. The lowest BCUT2D eigenvalue weighted by molar-refractivity contribution is -0.566. The largest absolute Gasteiger partial charge is 0.465 e. The fraction of sp³-hybridized carbons (Fsp3) is 0.381. The summed E-state index contributed by atoms with van der Waals surface area (Å²) < 4.78 is 43.2. The molecule has 1 fully saturated rings. The Morgan fingerprint density at radius 2 is 1.79 bits per heavy atom. The summed E-state index contributed by atoms with van der Waals surface area (Å²) in [4.78, 5) is 21.3. The molecule has 4 rings (SSSR count). The molecule has 2 aromatic rings. The van der Waals surface area contributed by atoms with Gasteiger partial charge < -0.3 is 5.32 Å². The van der Waals surface area contributed by atoms with Gasteiger partial charge in [0, 0.05) is 5.69 Å². The molecule has 2 N–H and O–H groups in total. The Balaban J connectivity index is 1.85. The molecule has 1 aliphatic heterocycles. The highest BCUT2D eigenvalue weighted by atomic mass is 19.4. The van der Waals surface area contributed by atoms with E-state index >= 15 is 0 Å². The van der Waals surface area contributed by atoms with E-state index < -0.39 is 17.7 Å². The molecule has 0 spiro atoms. The molecule has 5 nitrogen and oxygen atoms in total. The summed E-state index contributed by atoms with van der Waals surface area (Å²) in [5, 5.41) is 2.38. The predicted octanol–water partition coefficient (Wildman–Crippen LogP) is 2.37. The third kappa shape index (κ3) is 3.36. The summed E-state index contributed by atoms with van der Waals surface area (Å²) in [5.74, 6) is -0.872. The predicted molar refractivity (Wildman–Crippen MR) is 102 cm³/mol. The zero-order valence-corrected chi connectivity index (χ0v) is 16.0. The fourth-order valence-electron chi connectivity index (χ4n) is 4.04. The number of carbonyl (C=O) groups is 1. The number of benzene rings is 1. The Morgan fingerprint density at radius 3 is 2.41 bits per heavy atom. The Kier molecular flexibility index (Phi) is 4.80. The number of aryl methyl sites for hydroxylation is 1. The van der Waals surface area contributed by atoms with E-state index in [4.69, 9.17) is 0 Å². The van der Waals surface area contributed by atoms with E-state index in [9.17, 15) is 18.0 Å². The van der Waals surface area contributed by atoms with E-state index in [0.29, 0.717) is 24.1 Å². The molecule has 1 saturated carbocycles. The van der Waals surface area contributed by atoms with Crippen LogP contribution in [0.15, 0.2) is 48.5 Å². The van der Waals surface area contributed by atoms with Crippen molar-refractivity contribution in [1.29, 1.82) is 0 Å². The van der Waals surface area contributed by atoms with Gasteiger partial charge >= 0.3 is 17.7 Å². The van der Waals surface area contributed by atoms with Gasteiger partial charge in [0.15, 0.2) is 0 Å². The topological polar surface area (TPSA) is 59.2 Å². The summed E-state index contributed by atoms with van der Waals surface area (Å²) in [6.07, 6.45) is -1.74. The lowest BCUT2D eigenvalue weighted by atomic mass is 10.1. The van der Waals surface area contributed by atoms with Gasteiger partial charge in [-0.15, -0.1) is 0 Å². The van der Waals surface area contributed by atoms with Crippen molar-refractivity contribution >= 4 is 17.6 Å². The minimum Gasteiger partial charge on any atom is -0.312 e. The number of alkyl halides is 3. The maximum Gasteiger partial charge on any atom is 0.465 e. The van der Waals surface area contributed by atoms with E-state index in [1.165, 1.54) is 11.0 Å². The molecule has 152 valence electrons. The van der Waals surface area contributed by atoms with E-state index in [0.717, 1.165) is 12.8 Å². The highest BCUT2D eigenvalue weighted by Gasteiger charge is 2.72. The van der Waals surface area contributed by atoms with Crippen LogP contribution in [0.1, 0.15) is 36.9 Å². The van der Waals surface area contributed by atoms with E-state index in [1.807, 2.05) is 0 Å². The number of amides is 1. The molecule has 1 amide bonds. The summed E-state index contributed by atoms with van der Waals surface area (Å²) in [6, 6.07) is 13.1. The van der Waals surface area contributed by atoms with Gasteiger partial charge in [-0.3, -0.25) is 0 Å². The first kappa shape index (κ1) is 19.4. The number of hydrogen-bond acceptors (Lipinski definition) is 3. The molecule has 8 heteroatoms. The minimum absolute atomic E-state index is 0.0103. The van der Waals surface area contributed by atoms with Crippen LogP contribution in [-0.4, -0.2) is 39.5 Å². The SMILES string of the molecule is Cc1cccc(N[C@]2(C(F)(F)F)[NH+]=C(c3ccccc3)N(C3CCCC3)C2=O)n1. The smallest absolute Gasteiger partial charge is 0.312 e. The molecule has 2 heterocycles. The molecule has 1 aliphatic carbocycles. The number of hydrogen-bond donors (Lipinski definition) is 2. The Morgan fingerprint density at radius 1 is 1.10 bits per heavy atom. The van der Waals surface area contributed by atoms with Crippen molar-refractivity contribution in [2.75, 3.05) is 5.32 Å². The first-order valence-electron chi connectivity index (χ1n) is 9.64. The van der Waals surface area contributed by atoms with Crippen LogP contribution < -0.4 is 10.3 Å². The Hall–Kier alpha value is -2.90. The number of nitrogens with zero attached hydrogens (tertiary/aromatic N) is 2. The van der Waals surface area contributed by atoms with Crippen LogP contribution in [0.3, 0.4) is 0 Å². The highest BCUT2D eigenvalue weighted by molar-refractivity contribution is 6.11. The van der Waals surface area contributed by atoms with Crippen LogP contribution in [0.25, 0.3) is 0 Å². The van der Waals surface area contributed by atoms with Crippen molar-refractivity contribution in [3.8, 4) is 0 Å². The van der Waals surface area contributed by atoms with Crippen molar-refractivity contribution in [2.24, 2.45) is 0 Å². The van der Waals surface area contributed by atoms with Crippen molar-refractivity contribution in [3.05, 3.63) is 59.8 Å². The second kappa shape index (κ2) is 7.17. The normalized spacial score (nSPS) is 22.8. The standard InChI is InChI=1S/C21H21F3N4O/c1-14-8-7-13-17(25-14)26-20(21(22,23)24)19(29)28(16-11-5-6-12-16)18(27-20)15-9-3-2-4-10-15/h2-4,7-10,13,16H,5-6,11-12H2,1H3,(H,25,26)/p+1/t20-/m0/s1. The van der Waals surface area contributed by atoms with Crippen LogP contribution in [-0.2, 0) is 4.79 Å². The van der Waals surface area contributed by atoms with Crippen LogP contribution >= 0.6 is 0 Å². The molecule has 0 radical (unpaired) electrons. The number of amidine groups is 1. The van der Waals surface area contributed by atoms with Gasteiger partial charge in [0.1, 0.15) is 11.9 Å². The monoisotopic (exact) mass is 403 g/mol. The summed E-state index contributed by atoms with van der Waals surface area (Å²) >= 11 is 0. The van der Waals surface area contributed by atoms with Gasteiger partial charge in [0.05, 0.1) is 5.56 Å². The molecule has 0 unspecified atom stereocenters. The molecular weight excluding hydrogens is 381 g/mol. The Bertz CT molecular complexity index is 938. The average molecular weight is 403 g/mol. The van der Waals surface area contributed by atoms with E-state index in [1.54, 1.807) is 49.4 Å². The second-order valence-electron chi connectivity index (χ2n) is 7.49. The number of rotatable bonds is 4. The first-order valence-corrected chi connectivity index (χ1v) is 9.64. The molecule has 0 saturated heterocycles. The summed E-state index contributed by atoms with van der Waals surface area (Å²) in [6.45, 7) is 1.68. The van der Waals surface area contributed by atoms with Crippen LogP contribution in [0.4, 0.5) is 19.0 Å². The molecule has 1 atom stereocenters. The zero-order valence-electron chi connectivity index (χ0n) is 16.0. The van der Waals surface area contributed by atoms with Gasteiger partial charge in [-0.2, -0.15) is 18.1 Å². The number of aromatic nitrogens is 1. The minimum atomic E-state index is -4.89. The third-order valence-electron chi connectivity index (χ3n) is 5.45. The number of halogens is 3. The number of nitrogens with one attached hydrogen (secondary N) is 2. The first-order chi connectivity index (χ1) is 13.8. The van der Waals surface area contributed by atoms with Gasteiger partial charge in [0.2, 0.25) is 0 Å². The number of anilines is 1. The highest BCUT2D eigenvalue weighted by Crippen LogP contribution is 2.35. The van der Waals surface area contributed by atoms with Gasteiger partial charge in [-0.1, -0.05) is 24.3 Å². The van der Waals surface area contributed by atoms with Crippen LogP contribution in [0.2, 0.25) is 0 Å². The molecule has 2 aliphatic rings. The van der Waals surface area contributed by atoms with E-state index in [-0.39, 0.29) is 17.7 Å². The molecular formula is C21H22F3N4O+. The fourth-order valence-corrected chi connectivity index (χ4v) is 4.04. The van der Waals surface area contributed by atoms with Gasteiger partial charge in [-0.05, 0) is 56.9 Å².